The van der Waals surface area contributed by atoms with E-state index in [1.807, 2.05) is 18.3 Å². The van der Waals surface area contributed by atoms with E-state index in [1.165, 1.54) is 5.69 Å². The maximum absolute atomic E-state index is 9.33. The molecule has 5 heteroatoms. The van der Waals surface area contributed by atoms with Crippen LogP contribution in [0, 0.1) is 0 Å². The summed E-state index contributed by atoms with van der Waals surface area (Å²) >= 11 is 0. The molecule has 1 fully saturated rings. The van der Waals surface area contributed by atoms with E-state index in [2.05, 4.69) is 15.1 Å². The summed E-state index contributed by atoms with van der Waals surface area (Å²) in [6.07, 6.45) is 4.75. The lowest BCUT2D eigenvalue weighted by Gasteiger charge is -2.31. The van der Waals surface area contributed by atoms with Crippen LogP contribution in [-0.2, 0) is 6.42 Å². The number of piperidine rings is 1. The summed E-state index contributed by atoms with van der Waals surface area (Å²) in [5.74, 6) is 0.295. The van der Waals surface area contributed by atoms with Gasteiger partial charge in [-0.25, -0.2) is 0 Å². The molecule has 1 aromatic carbocycles. The molecule has 3 rings (SSSR count). The maximum Gasteiger partial charge on any atom is 0.115 e. The summed E-state index contributed by atoms with van der Waals surface area (Å²) in [5, 5.41) is 16.6. The highest BCUT2D eigenvalue weighted by Gasteiger charge is 2.19. The van der Waals surface area contributed by atoms with Crippen LogP contribution < -0.4 is 10.6 Å². The first-order valence-corrected chi connectivity index (χ1v) is 7.03. The average molecular weight is 272 g/mol. The van der Waals surface area contributed by atoms with Gasteiger partial charge in [0.25, 0.3) is 0 Å². The first kappa shape index (κ1) is 13.0. The van der Waals surface area contributed by atoms with Crippen molar-refractivity contribution in [2.45, 2.75) is 25.3 Å². The largest absolute Gasteiger partial charge is 0.508 e. The summed E-state index contributed by atoms with van der Waals surface area (Å²) < 4.78 is 0. The standard InChI is InChI=1S/C15H20N4O/c16-12-5-7-19(8-6-12)15-10-17-18-14(15)9-11-1-3-13(20)4-2-11/h1-4,10,12,20H,5-9,16H2,(H,17,18). The van der Waals surface area contributed by atoms with Crippen LogP contribution in [0.5, 0.6) is 5.75 Å². The second-order valence-corrected chi connectivity index (χ2v) is 5.40. The highest BCUT2D eigenvalue weighted by Crippen LogP contribution is 2.24. The zero-order valence-electron chi connectivity index (χ0n) is 11.4. The van der Waals surface area contributed by atoms with Crippen LogP contribution in [-0.4, -0.2) is 34.4 Å². The molecule has 1 aromatic heterocycles. The van der Waals surface area contributed by atoms with Crippen molar-refractivity contribution in [3.8, 4) is 5.75 Å². The fourth-order valence-corrected chi connectivity index (χ4v) is 2.67. The summed E-state index contributed by atoms with van der Waals surface area (Å²) in [4.78, 5) is 2.35. The Morgan fingerprint density at radius 2 is 1.95 bits per heavy atom. The van der Waals surface area contributed by atoms with E-state index in [1.54, 1.807) is 12.1 Å². The van der Waals surface area contributed by atoms with Crippen LogP contribution in [0.4, 0.5) is 5.69 Å². The minimum absolute atomic E-state index is 0.295. The van der Waals surface area contributed by atoms with E-state index in [0.717, 1.165) is 43.6 Å². The molecule has 1 aliphatic heterocycles. The SMILES string of the molecule is NC1CCN(c2cn[nH]c2Cc2ccc(O)cc2)CC1. The minimum Gasteiger partial charge on any atom is -0.508 e. The van der Waals surface area contributed by atoms with Crippen LogP contribution in [0.3, 0.4) is 0 Å². The van der Waals surface area contributed by atoms with E-state index in [9.17, 15) is 5.11 Å². The van der Waals surface area contributed by atoms with Gasteiger partial charge in [0, 0.05) is 25.6 Å². The zero-order valence-corrected chi connectivity index (χ0v) is 11.4. The lowest BCUT2D eigenvalue weighted by atomic mass is 10.0. The maximum atomic E-state index is 9.33. The fraction of sp³-hybridized carbons (Fsp3) is 0.400. The van der Waals surface area contributed by atoms with Crippen molar-refractivity contribution in [3.63, 3.8) is 0 Å². The average Bonchev–Trinajstić information content (AvgIpc) is 2.90. The monoisotopic (exact) mass is 272 g/mol. The van der Waals surface area contributed by atoms with Gasteiger partial charge in [0.1, 0.15) is 5.75 Å². The number of rotatable bonds is 3. The molecule has 4 N–H and O–H groups in total. The van der Waals surface area contributed by atoms with E-state index < -0.39 is 0 Å². The highest BCUT2D eigenvalue weighted by atomic mass is 16.3. The molecular weight excluding hydrogens is 252 g/mol. The molecule has 2 aromatic rings. The molecule has 20 heavy (non-hydrogen) atoms. The first-order chi connectivity index (χ1) is 9.72. The second kappa shape index (κ2) is 5.54. The third kappa shape index (κ3) is 2.77. The van der Waals surface area contributed by atoms with Crippen molar-refractivity contribution < 1.29 is 5.11 Å². The Labute approximate surface area is 118 Å². The van der Waals surface area contributed by atoms with E-state index in [-0.39, 0.29) is 0 Å². The molecule has 0 atom stereocenters. The third-order valence-corrected chi connectivity index (χ3v) is 3.89. The lowest BCUT2D eigenvalue weighted by Crippen LogP contribution is -2.39. The number of hydrogen-bond acceptors (Lipinski definition) is 4. The second-order valence-electron chi connectivity index (χ2n) is 5.40. The van der Waals surface area contributed by atoms with Crippen LogP contribution >= 0.6 is 0 Å². The number of nitrogens with zero attached hydrogens (tertiary/aromatic N) is 2. The molecule has 0 radical (unpaired) electrons. The summed E-state index contributed by atoms with van der Waals surface area (Å²) in [7, 11) is 0. The molecule has 1 aliphatic rings. The van der Waals surface area contributed by atoms with Gasteiger partial charge < -0.3 is 15.7 Å². The molecule has 0 spiro atoms. The van der Waals surface area contributed by atoms with Gasteiger partial charge in [-0.2, -0.15) is 5.10 Å². The van der Waals surface area contributed by atoms with Crippen molar-refractivity contribution in [1.82, 2.24) is 10.2 Å². The van der Waals surface area contributed by atoms with E-state index in [4.69, 9.17) is 5.73 Å². The Morgan fingerprint density at radius 1 is 1.25 bits per heavy atom. The lowest BCUT2D eigenvalue weighted by molar-refractivity contribution is 0.475. The highest BCUT2D eigenvalue weighted by molar-refractivity contribution is 5.51. The Kier molecular flexibility index (Phi) is 3.60. The van der Waals surface area contributed by atoms with Crippen molar-refractivity contribution in [1.29, 1.82) is 0 Å². The summed E-state index contributed by atoms with van der Waals surface area (Å²) in [6.45, 7) is 1.98. The Balaban J connectivity index is 1.74. The Bertz CT molecular complexity index is 556. The molecule has 0 unspecified atom stereocenters. The van der Waals surface area contributed by atoms with Crippen LogP contribution in [0.15, 0.2) is 30.5 Å². The molecule has 5 nitrogen and oxygen atoms in total. The van der Waals surface area contributed by atoms with Gasteiger partial charge >= 0.3 is 0 Å². The quantitative estimate of drug-likeness (QED) is 0.793. The number of phenolic OH excluding ortho intramolecular Hbond substituents is 1. The number of H-pyrrole nitrogens is 1. The normalized spacial score (nSPS) is 16.6. The molecule has 2 heterocycles. The number of aromatic amines is 1. The van der Waals surface area contributed by atoms with Gasteiger partial charge in [-0.15, -0.1) is 0 Å². The molecule has 0 amide bonds. The minimum atomic E-state index is 0.295. The fourth-order valence-electron chi connectivity index (χ4n) is 2.67. The van der Waals surface area contributed by atoms with Gasteiger partial charge in [-0.05, 0) is 30.5 Å². The number of phenols is 1. The van der Waals surface area contributed by atoms with Crippen LogP contribution in [0.25, 0.3) is 0 Å². The number of aromatic nitrogens is 2. The Morgan fingerprint density at radius 3 is 2.65 bits per heavy atom. The van der Waals surface area contributed by atoms with E-state index >= 15 is 0 Å². The number of hydrogen-bond donors (Lipinski definition) is 3. The van der Waals surface area contributed by atoms with Crippen molar-refractivity contribution in [2.75, 3.05) is 18.0 Å². The van der Waals surface area contributed by atoms with Gasteiger partial charge in [0.05, 0.1) is 17.6 Å². The number of anilines is 1. The summed E-state index contributed by atoms with van der Waals surface area (Å²) in [6, 6.07) is 7.63. The number of nitrogens with two attached hydrogens (primary N) is 1. The number of benzene rings is 1. The predicted molar refractivity (Wildman–Crippen MR) is 78.9 cm³/mol. The smallest absolute Gasteiger partial charge is 0.115 e. The number of aromatic hydroxyl groups is 1. The van der Waals surface area contributed by atoms with Gasteiger partial charge in [0.2, 0.25) is 0 Å². The molecule has 0 aliphatic carbocycles. The number of nitrogens with one attached hydrogen (secondary N) is 1. The molecular formula is C15H20N4O. The van der Waals surface area contributed by atoms with Crippen LogP contribution in [0.1, 0.15) is 24.1 Å². The molecule has 106 valence electrons. The molecule has 0 saturated carbocycles. The van der Waals surface area contributed by atoms with Gasteiger partial charge in [0.15, 0.2) is 0 Å². The van der Waals surface area contributed by atoms with E-state index in [0.29, 0.717) is 11.8 Å². The van der Waals surface area contributed by atoms with Crippen molar-refractivity contribution in [3.05, 3.63) is 41.7 Å². The third-order valence-electron chi connectivity index (χ3n) is 3.89. The first-order valence-electron chi connectivity index (χ1n) is 7.03. The summed E-state index contributed by atoms with van der Waals surface area (Å²) in [5.41, 5.74) is 9.40. The predicted octanol–water partition coefficient (Wildman–Crippen LogP) is 1.63. The zero-order chi connectivity index (χ0) is 13.9. The molecule has 1 saturated heterocycles. The topological polar surface area (TPSA) is 78.2 Å². The van der Waals surface area contributed by atoms with Crippen LogP contribution in [0.2, 0.25) is 0 Å². The Hall–Kier alpha value is -2.01. The molecule has 0 bridgehead atoms. The van der Waals surface area contributed by atoms with Crippen molar-refractivity contribution in [2.24, 2.45) is 5.73 Å². The van der Waals surface area contributed by atoms with Gasteiger partial charge in [-0.3, -0.25) is 5.10 Å². The van der Waals surface area contributed by atoms with Gasteiger partial charge in [-0.1, -0.05) is 12.1 Å². The van der Waals surface area contributed by atoms with Crippen molar-refractivity contribution >= 4 is 5.69 Å².